The third-order valence-corrected chi connectivity index (χ3v) is 1.95. The number of carboxylic acids is 1. The molecule has 1 amide bonds. The number of hydrogen-bond donors (Lipinski definition) is 2. The number of aliphatic carboxylic acids is 1. The highest BCUT2D eigenvalue weighted by Crippen LogP contribution is 2.14. The second-order valence-electron chi connectivity index (χ2n) is 3.66. The van der Waals surface area contributed by atoms with Crippen molar-refractivity contribution < 1.29 is 32.6 Å². The minimum atomic E-state index is -4.43. The first-order valence-corrected chi connectivity index (χ1v) is 5.43. The van der Waals surface area contributed by atoms with Gasteiger partial charge in [0.25, 0.3) is 0 Å². The van der Waals surface area contributed by atoms with Gasteiger partial charge in [0.05, 0.1) is 6.61 Å². The van der Waals surface area contributed by atoms with Gasteiger partial charge in [0, 0.05) is 6.42 Å². The van der Waals surface area contributed by atoms with Gasteiger partial charge in [-0.05, 0) is 6.42 Å². The van der Waals surface area contributed by atoms with Crippen LogP contribution in [0.15, 0.2) is 0 Å². The highest BCUT2D eigenvalue weighted by Gasteiger charge is 2.27. The Morgan fingerprint density at radius 3 is 2.44 bits per heavy atom. The normalized spacial score (nSPS) is 13.1. The zero-order chi connectivity index (χ0) is 14.2. The van der Waals surface area contributed by atoms with Gasteiger partial charge >= 0.3 is 12.1 Å². The van der Waals surface area contributed by atoms with Gasteiger partial charge in [-0.25, -0.2) is 4.79 Å². The SMILES string of the molecule is CCC[C@@H](NC(=O)CCOCC(F)(F)F)C(=O)O. The number of amides is 1. The average molecular weight is 271 g/mol. The van der Waals surface area contributed by atoms with Crippen molar-refractivity contribution in [3.63, 3.8) is 0 Å². The summed E-state index contributed by atoms with van der Waals surface area (Å²) in [5.74, 6) is -1.81. The summed E-state index contributed by atoms with van der Waals surface area (Å²) < 4.78 is 39.3. The molecular formula is C10H16F3NO4. The van der Waals surface area contributed by atoms with Crippen molar-refractivity contribution in [1.82, 2.24) is 5.32 Å². The fourth-order valence-electron chi connectivity index (χ4n) is 1.17. The molecule has 0 spiro atoms. The fraction of sp³-hybridized carbons (Fsp3) is 0.800. The van der Waals surface area contributed by atoms with E-state index in [1.54, 1.807) is 6.92 Å². The molecule has 0 aromatic carbocycles. The van der Waals surface area contributed by atoms with E-state index in [0.717, 1.165) is 0 Å². The Bertz CT molecular complexity index is 281. The quantitative estimate of drug-likeness (QED) is 0.653. The zero-order valence-corrected chi connectivity index (χ0v) is 9.92. The minimum Gasteiger partial charge on any atom is -0.480 e. The van der Waals surface area contributed by atoms with Crippen LogP contribution in [0, 0.1) is 0 Å². The lowest BCUT2D eigenvalue weighted by Crippen LogP contribution is -2.41. The van der Waals surface area contributed by atoms with E-state index in [0.29, 0.717) is 6.42 Å². The highest BCUT2D eigenvalue weighted by molar-refractivity contribution is 5.83. The van der Waals surface area contributed by atoms with Gasteiger partial charge in [-0.2, -0.15) is 13.2 Å². The van der Waals surface area contributed by atoms with Gasteiger partial charge < -0.3 is 15.2 Å². The van der Waals surface area contributed by atoms with Gasteiger partial charge in [-0.15, -0.1) is 0 Å². The Kier molecular flexibility index (Phi) is 7.33. The molecule has 0 bridgehead atoms. The molecule has 0 unspecified atom stereocenters. The van der Waals surface area contributed by atoms with Gasteiger partial charge in [-0.3, -0.25) is 4.79 Å². The van der Waals surface area contributed by atoms with Gasteiger partial charge in [0.15, 0.2) is 0 Å². The Morgan fingerprint density at radius 1 is 1.39 bits per heavy atom. The lowest BCUT2D eigenvalue weighted by atomic mass is 10.1. The van der Waals surface area contributed by atoms with Gasteiger partial charge in [-0.1, -0.05) is 13.3 Å². The summed E-state index contributed by atoms with van der Waals surface area (Å²) in [4.78, 5) is 21.9. The van der Waals surface area contributed by atoms with Crippen LogP contribution in [0.25, 0.3) is 0 Å². The largest absolute Gasteiger partial charge is 0.480 e. The lowest BCUT2D eigenvalue weighted by molar-refractivity contribution is -0.174. The summed E-state index contributed by atoms with van der Waals surface area (Å²) in [7, 11) is 0. The Morgan fingerprint density at radius 2 is 2.00 bits per heavy atom. The second kappa shape index (κ2) is 7.91. The molecule has 1 atom stereocenters. The molecule has 18 heavy (non-hydrogen) atoms. The molecule has 0 saturated heterocycles. The summed E-state index contributed by atoms with van der Waals surface area (Å²) in [6, 6.07) is -1.01. The van der Waals surface area contributed by atoms with Crippen LogP contribution in [0.1, 0.15) is 26.2 Å². The van der Waals surface area contributed by atoms with Crippen molar-refractivity contribution in [3.8, 4) is 0 Å². The first-order valence-electron chi connectivity index (χ1n) is 5.43. The summed E-state index contributed by atoms with van der Waals surface area (Å²) in [5, 5.41) is 11.0. The van der Waals surface area contributed by atoms with Crippen LogP contribution in [-0.4, -0.2) is 42.4 Å². The molecule has 0 aliphatic carbocycles. The Hall–Kier alpha value is -1.31. The van der Waals surface area contributed by atoms with Crippen molar-refractivity contribution in [3.05, 3.63) is 0 Å². The predicted octanol–water partition coefficient (Wildman–Crippen LogP) is 1.32. The third kappa shape index (κ3) is 8.80. The van der Waals surface area contributed by atoms with Gasteiger partial charge in [0.1, 0.15) is 12.6 Å². The smallest absolute Gasteiger partial charge is 0.411 e. The van der Waals surface area contributed by atoms with E-state index in [1.165, 1.54) is 0 Å². The molecule has 0 rings (SSSR count). The standard InChI is InChI=1S/C10H16F3NO4/c1-2-3-7(9(16)17)14-8(15)4-5-18-6-10(11,12)13/h7H,2-6H2,1H3,(H,14,15)(H,16,17)/t7-/m1/s1. The van der Waals surface area contributed by atoms with E-state index >= 15 is 0 Å². The predicted molar refractivity (Wildman–Crippen MR) is 56.0 cm³/mol. The molecule has 8 heteroatoms. The topological polar surface area (TPSA) is 75.6 Å². The van der Waals surface area contributed by atoms with E-state index in [2.05, 4.69) is 10.1 Å². The van der Waals surface area contributed by atoms with E-state index in [-0.39, 0.29) is 12.8 Å². The van der Waals surface area contributed by atoms with Crippen molar-refractivity contribution in [2.24, 2.45) is 0 Å². The number of carbonyl (C=O) groups is 2. The van der Waals surface area contributed by atoms with Crippen LogP contribution in [0.3, 0.4) is 0 Å². The molecular weight excluding hydrogens is 255 g/mol. The van der Waals surface area contributed by atoms with Crippen LogP contribution in [-0.2, 0) is 14.3 Å². The van der Waals surface area contributed by atoms with E-state index in [9.17, 15) is 22.8 Å². The third-order valence-electron chi connectivity index (χ3n) is 1.95. The molecule has 0 aromatic heterocycles. The number of carboxylic acid groups (broad SMARTS) is 1. The summed E-state index contributed by atoms with van der Waals surface area (Å²) in [6.45, 7) is -0.0596. The first-order chi connectivity index (χ1) is 8.26. The molecule has 0 aliphatic heterocycles. The van der Waals surface area contributed by atoms with E-state index < -0.39 is 37.3 Å². The van der Waals surface area contributed by atoms with Gasteiger partial charge in [0.2, 0.25) is 5.91 Å². The molecule has 0 saturated carbocycles. The van der Waals surface area contributed by atoms with Crippen molar-refractivity contribution in [2.75, 3.05) is 13.2 Å². The summed E-state index contributed by atoms with van der Waals surface area (Å²) in [6.07, 6.45) is -3.89. The average Bonchev–Trinajstić information content (AvgIpc) is 2.22. The number of alkyl halides is 3. The monoisotopic (exact) mass is 271 g/mol. The molecule has 0 aromatic rings. The molecule has 0 aliphatic rings. The number of ether oxygens (including phenoxy) is 1. The maximum absolute atomic E-state index is 11.7. The maximum atomic E-state index is 11.7. The first kappa shape index (κ1) is 16.7. The Balaban J connectivity index is 3.85. The van der Waals surface area contributed by atoms with Crippen LogP contribution < -0.4 is 5.32 Å². The summed E-state index contributed by atoms with van der Waals surface area (Å²) in [5.41, 5.74) is 0. The van der Waals surface area contributed by atoms with E-state index in [4.69, 9.17) is 5.11 Å². The van der Waals surface area contributed by atoms with Crippen LogP contribution in [0.4, 0.5) is 13.2 Å². The van der Waals surface area contributed by atoms with Crippen molar-refractivity contribution >= 4 is 11.9 Å². The maximum Gasteiger partial charge on any atom is 0.411 e. The van der Waals surface area contributed by atoms with Crippen molar-refractivity contribution in [2.45, 2.75) is 38.4 Å². The number of rotatable bonds is 8. The van der Waals surface area contributed by atoms with Crippen LogP contribution >= 0.6 is 0 Å². The number of halogens is 3. The molecule has 0 fully saturated rings. The van der Waals surface area contributed by atoms with E-state index in [1.807, 2.05) is 0 Å². The molecule has 0 heterocycles. The lowest BCUT2D eigenvalue weighted by Gasteiger charge is -2.13. The number of hydrogen-bond acceptors (Lipinski definition) is 3. The number of nitrogens with one attached hydrogen (secondary N) is 1. The van der Waals surface area contributed by atoms with Crippen LogP contribution in [0.2, 0.25) is 0 Å². The molecule has 5 nitrogen and oxygen atoms in total. The fourth-order valence-corrected chi connectivity index (χ4v) is 1.17. The second-order valence-corrected chi connectivity index (χ2v) is 3.66. The zero-order valence-electron chi connectivity index (χ0n) is 9.92. The molecule has 2 N–H and O–H groups in total. The molecule has 106 valence electrons. The highest BCUT2D eigenvalue weighted by atomic mass is 19.4. The number of carbonyl (C=O) groups excluding carboxylic acids is 1. The molecule has 0 radical (unpaired) electrons. The van der Waals surface area contributed by atoms with Crippen LogP contribution in [0.5, 0.6) is 0 Å². The van der Waals surface area contributed by atoms with Crippen molar-refractivity contribution in [1.29, 1.82) is 0 Å². The minimum absolute atomic E-state index is 0.268. The summed E-state index contributed by atoms with van der Waals surface area (Å²) >= 11 is 0. The Labute approximate surface area is 102 Å².